The molecule has 0 radical (unpaired) electrons. The number of dihydropyridines is 1. The largest absolute Gasteiger partial charge is 0.360 e. The molecule has 1 unspecified atom stereocenters. The van der Waals surface area contributed by atoms with Crippen molar-refractivity contribution in [2.45, 2.75) is 38.0 Å². The van der Waals surface area contributed by atoms with Gasteiger partial charge in [0.1, 0.15) is 0 Å². The van der Waals surface area contributed by atoms with Crippen LogP contribution in [-0.4, -0.2) is 53.7 Å². The molecule has 2 aliphatic heterocycles. The SMILES string of the molecule is CC1=C(NC=O)C(c2ccc([N+](=O)[O-])cc2)C(N(C=O)CCN2CCC(c3ccccc3)(c3ccccc3)CC2)=C(C)N1. The van der Waals surface area contributed by atoms with Gasteiger partial charge < -0.3 is 20.4 Å². The minimum Gasteiger partial charge on any atom is -0.360 e. The number of rotatable bonds is 11. The minimum atomic E-state index is -0.484. The number of hydrogen-bond donors (Lipinski definition) is 2. The molecule has 0 aromatic heterocycles. The summed E-state index contributed by atoms with van der Waals surface area (Å²) in [6, 6.07) is 27.7. The van der Waals surface area contributed by atoms with Crippen molar-refractivity contribution >= 4 is 18.5 Å². The van der Waals surface area contributed by atoms with Crippen LogP contribution in [0.3, 0.4) is 0 Å². The molecule has 1 fully saturated rings. The third-order valence-electron chi connectivity index (χ3n) is 8.83. The van der Waals surface area contributed by atoms with Gasteiger partial charge in [-0.15, -0.1) is 0 Å². The van der Waals surface area contributed by atoms with E-state index in [1.807, 2.05) is 13.8 Å². The number of allylic oxidation sites excluding steroid dienone is 2. The van der Waals surface area contributed by atoms with E-state index in [2.05, 4.69) is 76.2 Å². The molecule has 0 spiro atoms. The van der Waals surface area contributed by atoms with Crippen LogP contribution in [0, 0.1) is 10.1 Å². The Morgan fingerprint density at radius 2 is 1.51 bits per heavy atom. The average molecular weight is 580 g/mol. The van der Waals surface area contributed by atoms with E-state index in [1.54, 1.807) is 17.0 Å². The number of carbonyl (C=O) groups is 2. The van der Waals surface area contributed by atoms with Crippen LogP contribution in [0.15, 0.2) is 108 Å². The lowest BCUT2D eigenvalue weighted by Gasteiger charge is -2.43. The lowest BCUT2D eigenvalue weighted by molar-refractivity contribution is -0.384. The number of nitro benzene ring substituents is 1. The molecule has 5 rings (SSSR count). The highest BCUT2D eigenvalue weighted by Gasteiger charge is 2.38. The highest BCUT2D eigenvalue weighted by molar-refractivity contribution is 5.60. The second-order valence-corrected chi connectivity index (χ2v) is 11.2. The van der Waals surface area contributed by atoms with E-state index in [1.165, 1.54) is 23.3 Å². The maximum absolute atomic E-state index is 12.6. The molecule has 9 heteroatoms. The highest BCUT2D eigenvalue weighted by Crippen LogP contribution is 2.42. The fraction of sp³-hybridized carbons (Fsp3) is 0.294. The maximum atomic E-state index is 12.6. The Labute approximate surface area is 252 Å². The smallest absolute Gasteiger partial charge is 0.269 e. The third-order valence-corrected chi connectivity index (χ3v) is 8.83. The molecule has 3 aromatic rings. The predicted octanol–water partition coefficient (Wildman–Crippen LogP) is 5.03. The number of nitrogens with zero attached hydrogens (tertiary/aromatic N) is 3. The molecule has 3 aromatic carbocycles. The van der Waals surface area contributed by atoms with Crippen LogP contribution in [0.2, 0.25) is 0 Å². The summed E-state index contributed by atoms with van der Waals surface area (Å²) in [5.41, 5.74) is 6.15. The Balaban J connectivity index is 1.36. The zero-order chi connectivity index (χ0) is 30.4. The van der Waals surface area contributed by atoms with Gasteiger partial charge in [0.05, 0.1) is 22.2 Å². The van der Waals surface area contributed by atoms with Crippen molar-refractivity contribution in [1.29, 1.82) is 0 Å². The number of carbonyl (C=O) groups excluding carboxylic acids is 2. The Kier molecular flexibility index (Phi) is 9.01. The molecule has 0 saturated carbocycles. The van der Waals surface area contributed by atoms with Crippen LogP contribution in [-0.2, 0) is 15.0 Å². The van der Waals surface area contributed by atoms with Crippen molar-refractivity contribution in [3.05, 3.63) is 135 Å². The van der Waals surface area contributed by atoms with Gasteiger partial charge in [0, 0.05) is 42.0 Å². The van der Waals surface area contributed by atoms with Gasteiger partial charge >= 0.3 is 0 Å². The molecular weight excluding hydrogens is 542 g/mol. The van der Waals surface area contributed by atoms with Crippen LogP contribution in [0.1, 0.15) is 49.3 Å². The standard InChI is InChI=1S/C34H37N5O4/c1-25-32(35-23-40)31(27-13-15-30(16-14-27)39(42)43)33(26(2)36-25)38(24-41)22-21-37-19-17-34(18-20-37,28-9-5-3-6-10-28)29-11-7-4-8-12-29/h3-16,23-24,31,36H,17-22H2,1-2H3,(H,35,40). The van der Waals surface area contributed by atoms with Crippen molar-refractivity contribution in [2.75, 3.05) is 26.2 Å². The summed E-state index contributed by atoms with van der Waals surface area (Å²) >= 11 is 0. The van der Waals surface area contributed by atoms with E-state index in [0.717, 1.165) is 49.3 Å². The number of non-ortho nitro benzene ring substituents is 1. The number of benzene rings is 3. The van der Waals surface area contributed by atoms with Crippen molar-refractivity contribution in [3.8, 4) is 0 Å². The lowest BCUT2D eigenvalue weighted by Crippen LogP contribution is -2.46. The Hall–Kier alpha value is -4.76. The van der Waals surface area contributed by atoms with Gasteiger partial charge in [-0.2, -0.15) is 0 Å². The van der Waals surface area contributed by atoms with Gasteiger partial charge in [-0.05, 0) is 56.5 Å². The first-order chi connectivity index (χ1) is 20.9. The summed E-state index contributed by atoms with van der Waals surface area (Å²) in [7, 11) is 0. The van der Waals surface area contributed by atoms with Gasteiger partial charge in [0.2, 0.25) is 12.8 Å². The number of amides is 2. The van der Waals surface area contributed by atoms with Crippen LogP contribution in [0.25, 0.3) is 0 Å². The number of piperidine rings is 1. The first kappa shape index (κ1) is 29.7. The van der Waals surface area contributed by atoms with Gasteiger partial charge in [-0.3, -0.25) is 19.7 Å². The topological polar surface area (TPSA) is 108 Å². The summed E-state index contributed by atoms with van der Waals surface area (Å²) in [4.78, 5) is 39.1. The molecule has 2 heterocycles. The van der Waals surface area contributed by atoms with E-state index in [4.69, 9.17) is 0 Å². The summed E-state index contributed by atoms with van der Waals surface area (Å²) < 4.78 is 0. The second-order valence-electron chi connectivity index (χ2n) is 11.2. The second kappa shape index (κ2) is 13.0. The van der Waals surface area contributed by atoms with Gasteiger partial charge in [-0.25, -0.2) is 0 Å². The summed E-state index contributed by atoms with van der Waals surface area (Å²) in [5.74, 6) is -0.484. The fourth-order valence-corrected chi connectivity index (χ4v) is 6.63. The number of likely N-dealkylation sites (tertiary alicyclic amines) is 1. The quantitative estimate of drug-likeness (QED) is 0.187. The summed E-state index contributed by atoms with van der Waals surface area (Å²) in [6.07, 6.45) is 3.38. The molecule has 0 bridgehead atoms. The molecule has 2 aliphatic rings. The molecule has 9 nitrogen and oxygen atoms in total. The van der Waals surface area contributed by atoms with E-state index in [-0.39, 0.29) is 11.1 Å². The average Bonchev–Trinajstić information content (AvgIpc) is 3.04. The molecule has 2 amide bonds. The molecule has 1 atom stereocenters. The zero-order valence-corrected chi connectivity index (χ0v) is 24.5. The predicted molar refractivity (Wildman–Crippen MR) is 166 cm³/mol. The maximum Gasteiger partial charge on any atom is 0.269 e. The van der Waals surface area contributed by atoms with E-state index in [9.17, 15) is 19.7 Å². The first-order valence-electron chi connectivity index (χ1n) is 14.6. The Morgan fingerprint density at radius 1 is 0.930 bits per heavy atom. The molecular formula is C34H37N5O4. The number of nitrogens with one attached hydrogen (secondary N) is 2. The summed E-state index contributed by atoms with van der Waals surface area (Å²) in [5, 5.41) is 17.4. The van der Waals surface area contributed by atoms with Crippen LogP contribution < -0.4 is 10.6 Å². The summed E-state index contributed by atoms with van der Waals surface area (Å²) in [6.45, 7) is 6.67. The van der Waals surface area contributed by atoms with Crippen molar-refractivity contribution in [1.82, 2.24) is 20.4 Å². The molecule has 0 aliphatic carbocycles. The lowest BCUT2D eigenvalue weighted by atomic mass is 9.68. The van der Waals surface area contributed by atoms with Gasteiger partial charge in [0.25, 0.3) is 5.69 Å². The number of nitro groups is 1. The van der Waals surface area contributed by atoms with E-state index in [0.29, 0.717) is 30.9 Å². The monoisotopic (exact) mass is 579 g/mol. The number of hydrogen-bond acceptors (Lipinski definition) is 6. The van der Waals surface area contributed by atoms with Crippen molar-refractivity contribution < 1.29 is 14.5 Å². The van der Waals surface area contributed by atoms with Crippen molar-refractivity contribution in [3.63, 3.8) is 0 Å². The van der Waals surface area contributed by atoms with E-state index >= 15 is 0 Å². The fourth-order valence-electron chi connectivity index (χ4n) is 6.63. The van der Waals surface area contributed by atoms with Crippen LogP contribution in [0.4, 0.5) is 5.69 Å². The molecule has 43 heavy (non-hydrogen) atoms. The third kappa shape index (κ3) is 6.08. The Morgan fingerprint density at radius 3 is 2.02 bits per heavy atom. The highest BCUT2D eigenvalue weighted by atomic mass is 16.6. The van der Waals surface area contributed by atoms with Gasteiger partial charge in [0.15, 0.2) is 0 Å². The minimum absolute atomic E-state index is 0.0232. The van der Waals surface area contributed by atoms with Gasteiger partial charge in [-0.1, -0.05) is 72.8 Å². The van der Waals surface area contributed by atoms with Crippen LogP contribution >= 0.6 is 0 Å². The molecule has 1 saturated heterocycles. The Bertz CT molecular complexity index is 1470. The van der Waals surface area contributed by atoms with E-state index < -0.39 is 10.8 Å². The first-order valence-corrected chi connectivity index (χ1v) is 14.6. The molecule has 222 valence electrons. The van der Waals surface area contributed by atoms with Crippen molar-refractivity contribution in [2.24, 2.45) is 0 Å². The zero-order valence-electron chi connectivity index (χ0n) is 24.5. The van der Waals surface area contributed by atoms with Crippen LogP contribution in [0.5, 0.6) is 0 Å². The molecule has 2 N–H and O–H groups in total. The normalized spacial score (nSPS) is 18.5.